The van der Waals surface area contributed by atoms with E-state index in [9.17, 15) is 18.0 Å². The maximum atomic E-state index is 14.0. The number of pyridine rings is 1. The maximum Gasteiger partial charge on any atom is 0.284 e. The first-order chi connectivity index (χ1) is 25.7. The number of hydrogen-bond donors (Lipinski definition) is 2. The van der Waals surface area contributed by atoms with Crippen LogP contribution in [0.3, 0.4) is 0 Å². The van der Waals surface area contributed by atoms with Crippen LogP contribution in [0.5, 0.6) is 0 Å². The predicted molar refractivity (Wildman–Crippen MR) is 208 cm³/mol. The summed E-state index contributed by atoms with van der Waals surface area (Å²) in [4.78, 5) is 41.2. The summed E-state index contributed by atoms with van der Waals surface area (Å²) >= 11 is 1.43. The third-order valence-electron chi connectivity index (χ3n) is 10.9. The average molecular weight is 753 g/mol. The molecule has 5 aromatic rings. The molecule has 5 heterocycles. The molecule has 2 aromatic carbocycles. The first kappa shape index (κ1) is 35.4. The third kappa shape index (κ3) is 7.71. The van der Waals surface area contributed by atoms with Crippen LogP contribution in [0.25, 0.3) is 21.3 Å². The number of para-hydroxylation sites is 1. The van der Waals surface area contributed by atoms with Gasteiger partial charge in [-0.2, -0.15) is 5.10 Å². The topological polar surface area (TPSA) is 142 Å². The van der Waals surface area contributed by atoms with Crippen molar-refractivity contribution in [2.24, 2.45) is 5.92 Å². The normalized spacial score (nSPS) is 16.7. The molecular weight excluding hydrogens is 709 g/mol. The Kier molecular flexibility index (Phi) is 10.0. The first-order valence-electron chi connectivity index (χ1n) is 18.5. The molecule has 2 amide bonds. The van der Waals surface area contributed by atoms with Crippen molar-refractivity contribution in [3.63, 3.8) is 0 Å². The van der Waals surface area contributed by atoms with Crippen LogP contribution in [0.2, 0.25) is 0 Å². The number of rotatable bonds is 11. The molecule has 12 nitrogen and oxygen atoms in total. The molecule has 0 bridgehead atoms. The van der Waals surface area contributed by atoms with Crippen LogP contribution in [0, 0.1) is 12.8 Å². The summed E-state index contributed by atoms with van der Waals surface area (Å²) < 4.78 is 31.6. The van der Waals surface area contributed by atoms with E-state index in [-0.39, 0.29) is 17.4 Å². The summed E-state index contributed by atoms with van der Waals surface area (Å²) in [6.07, 6.45) is 9.58. The van der Waals surface area contributed by atoms with Crippen LogP contribution >= 0.6 is 11.3 Å². The van der Waals surface area contributed by atoms with Crippen LogP contribution in [0.1, 0.15) is 76.2 Å². The zero-order valence-corrected chi connectivity index (χ0v) is 31.5. The van der Waals surface area contributed by atoms with E-state index in [4.69, 9.17) is 10.1 Å². The third-order valence-corrected chi connectivity index (χ3v) is 13.0. The Morgan fingerprint density at radius 1 is 0.906 bits per heavy atom. The summed E-state index contributed by atoms with van der Waals surface area (Å²) in [5, 5.41) is 8.24. The molecule has 2 N–H and O–H groups in total. The number of fused-ring (bicyclic) bond motifs is 2. The molecule has 53 heavy (non-hydrogen) atoms. The molecule has 8 rings (SSSR count). The lowest BCUT2D eigenvalue weighted by Crippen LogP contribution is -2.43. The molecule has 2 fully saturated rings. The monoisotopic (exact) mass is 752 g/mol. The van der Waals surface area contributed by atoms with Gasteiger partial charge in [-0.25, -0.2) is 23.1 Å². The molecule has 2 aliphatic heterocycles. The van der Waals surface area contributed by atoms with Crippen molar-refractivity contribution in [2.45, 2.75) is 65.0 Å². The first-order valence-corrected chi connectivity index (χ1v) is 21.0. The smallest absolute Gasteiger partial charge is 0.284 e. The van der Waals surface area contributed by atoms with Crippen molar-refractivity contribution in [3.8, 4) is 11.1 Å². The van der Waals surface area contributed by atoms with Gasteiger partial charge in [-0.15, -0.1) is 0 Å². The lowest BCUT2D eigenvalue weighted by Gasteiger charge is -2.31. The molecule has 0 radical (unpaired) electrons. The standard InChI is InChI=1S/C39H44N8O4S2/c1-26-31(23-40-47(26)24-27-9-3-2-4-10-27)29-15-16-35(42-36(29)38(49)44-53(50,51)22-21-45-18-8-19-45)46-20-17-28-11-7-12-30(32(28)25-46)37(48)43-39-41-33-13-5-6-14-34(33)52-39/h5-7,11-16,23,27H,2-4,8-10,17-22,24-25H2,1H3,(H,44,49)(H,41,43,48). The van der Waals surface area contributed by atoms with Crippen LogP contribution in [0.15, 0.2) is 60.8 Å². The minimum absolute atomic E-state index is 0.0306. The Morgan fingerprint density at radius 3 is 2.53 bits per heavy atom. The second-order valence-corrected chi connectivity index (χ2v) is 17.3. The molecule has 3 aliphatic rings. The molecule has 276 valence electrons. The SMILES string of the molecule is Cc1c(-c2ccc(N3CCc4cccc(C(=O)Nc5nc6ccccc6s5)c4C3)nc2C(=O)NS(=O)(=O)CCN2CCC2)cnn1CC1CCCCC1. The zero-order valence-electron chi connectivity index (χ0n) is 29.9. The fraction of sp³-hybridized carbons (Fsp3) is 0.410. The van der Waals surface area contributed by atoms with E-state index in [2.05, 4.69) is 19.9 Å². The summed E-state index contributed by atoms with van der Waals surface area (Å²) in [7, 11) is -3.92. The number of aromatic nitrogens is 4. The fourth-order valence-electron chi connectivity index (χ4n) is 7.70. The number of anilines is 2. The lowest BCUT2D eigenvalue weighted by atomic mass is 9.89. The van der Waals surface area contributed by atoms with Gasteiger partial charge in [0.15, 0.2) is 5.13 Å². The maximum absolute atomic E-state index is 14.0. The van der Waals surface area contributed by atoms with Gasteiger partial charge in [0.05, 0.1) is 22.2 Å². The van der Waals surface area contributed by atoms with Crippen molar-refractivity contribution in [2.75, 3.05) is 42.1 Å². The van der Waals surface area contributed by atoms with Gasteiger partial charge in [0, 0.05) is 48.6 Å². The quantitative estimate of drug-likeness (QED) is 0.166. The highest BCUT2D eigenvalue weighted by Gasteiger charge is 2.28. The van der Waals surface area contributed by atoms with E-state index in [0.29, 0.717) is 54.0 Å². The summed E-state index contributed by atoms with van der Waals surface area (Å²) in [5.41, 5.74) is 5.56. The number of nitrogens with zero attached hydrogens (tertiary/aromatic N) is 6. The Balaban J connectivity index is 1.08. The molecule has 0 unspecified atom stereocenters. The highest BCUT2D eigenvalue weighted by Crippen LogP contribution is 2.33. The van der Waals surface area contributed by atoms with Gasteiger partial charge >= 0.3 is 0 Å². The number of nitrogens with one attached hydrogen (secondary N) is 2. The van der Waals surface area contributed by atoms with Gasteiger partial charge in [0.2, 0.25) is 10.0 Å². The molecule has 1 saturated heterocycles. The van der Waals surface area contributed by atoms with Crippen LogP contribution in [-0.4, -0.2) is 76.8 Å². The molecule has 14 heteroatoms. The highest BCUT2D eigenvalue weighted by molar-refractivity contribution is 7.90. The van der Waals surface area contributed by atoms with Crippen LogP contribution in [0.4, 0.5) is 10.9 Å². The predicted octanol–water partition coefficient (Wildman–Crippen LogP) is 6.02. The van der Waals surface area contributed by atoms with Crippen molar-refractivity contribution >= 4 is 54.3 Å². The zero-order chi connectivity index (χ0) is 36.5. The summed E-state index contributed by atoms with van der Waals surface area (Å²) in [6, 6.07) is 17.2. The molecular formula is C39H44N8O4S2. The van der Waals surface area contributed by atoms with E-state index in [0.717, 1.165) is 58.7 Å². The number of benzene rings is 2. The highest BCUT2D eigenvalue weighted by atomic mass is 32.2. The molecule has 0 atom stereocenters. The van der Waals surface area contributed by atoms with Gasteiger partial charge in [0.1, 0.15) is 11.5 Å². The van der Waals surface area contributed by atoms with E-state index >= 15 is 0 Å². The van der Waals surface area contributed by atoms with Crippen molar-refractivity contribution < 1.29 is 18.0 Å². The van der Waals surface area contributed by atoms with Crippen molar-refractivity contribution in [3.05, 3.63) is 88.9 Å². The van der Waals surface area contributed by atoms with Gasteiger partial charge < -0.3 is 9.80 Å². The molecule has 3 aromatic heterocycles. The summed E-state index contributed by atoms with van der Waals surface area (Å²) in [6.45, 7) is 5.91. The number of sulfonamides is 1. The van der Waals surface area contributed by atoms with Crippen molar-refractivity contribution in [1.82, 2.24) is 29.4 Å². The number of hydrogen-bond acceptors (Lipinski definition) is 10. The van der Waals surface area contributed by atoms with Gasteiger partial charge in [-0.05, 0) is 93.1 Å². The van der Waals surface area contributed by atoms with E-state index in [1.807, 2.05) is 71.1 Å². The van der Waals surface area contributed by atoms with E-state index in [1.54, 1.807) is 6.20 Å². The van der Waals surface area contributed by atoms with Gasteiger partial charge in [-0.1, -0.05) is 54.9 Å². The lowest BCUT2D eigenvalue weighted by molar-refractivity contribution is 0.0975. The second-order valence-electron chi connectivity index (χ2n) is 14.4. The van der Waals surface area contributed by atoms with E-state index in [1.165, 1.54) is 43.4 Å². The number of carbonyl (C=O) groups excluding carboxylic acids is 2. The number of amides is 2. The van der Waals surface area contributed by atoms with Gasteiger partial charge in [0.25, 0.3) is 11.8 Å². The largest absolute Gasteiger partial charge is 0.352 e. The van der Waals surface area contributed by atoms with Gasteiger partial charge in [-0.3, -0.25) is 19.6 Å². The number of thiazole rings is 1. The molecule has 1 aliphatic carbocycles. The number of carbonyl (C=O) groups is 2. The minimum Gasteiger partial charge on any atom is -0.352 e. The Labute approximate surface area is 313 Å². The minimum atomic E-state index is -3.92. The van der Waals surface area contributed by atoms with Crippen molar-refractivity contribution in [1.29, 1.82) is 0 Å². The summed E-state index contributed by atoms with van der Waals surface area (Å²) in [5.74, 6) is -0.0912. The Hall–Kier alpha value is -4.66. The average Bonchev–Trinajstić information content (AvgIpc) is 3.72. The second kappa shape index (κ2) is 15.0. The molecule has 0 spiro atoms. The van der Waals surface area contributed by atoms with Crippen LogP contribution in [-0.2, 0) is 29.5 Å². The van der Waals surface area contributed by atoms with E-state index < -0.39 is 15.9 Å². The molecule has 1 saturated carbocycles. The number of likely N-dealkylation sites (tertiary alicyclic amines) is 1. The fourth-order valence-corrected chi connectivity index (χ4v) is 9.54. The van der Waals surface area contributed by atoms with Crippen LogP contribution < -0.4 is 14.9 Å². The Morgan fingerprint density at radius 2 is 1.74 bits per heavy atom. The Bertz CT molecular complexity index is 2240.